The molecule has 1 aromatic heterocycles. The van der Waals surface area contributed by atoms with Gasteiger partial charge in [-0.1, -0.05) is 62.7 Å². The Morgan fingerprint density at radius 3 is 2.17 bits per heavy atom. The lowest BCUT2D eigenvalue weighted by Crippen LogP contribution is -2.58. The molecule has 2 aromatic carbocycles. The highest BCUT2D eigenvalue weighted by Gasteiger charge is 2.44. The Morgan fingerprint density at radius 2 is 1.57 bits per heavy atom. The number of ether oxygens (including phenoxy) is 3. The molecule has 1 aliphatic rings. The van der Waals surface area contributed by atoms with Crippen molar-refractivity contribution in [2.45, 2.75) is 70.7 Å². The number of benzene rings is 2. The summed E-state index contributed by atoms with van der Waals surface area (Å²) in [5.41, 5.74) is 4.92. The van der Waals surface area contributed by atoms with Crippen LogP contribution in [0.3, 0.4) is 0 Å². The molecule has 0 aliphatic carbocycles. The van der Waals surface area contributed by atoms with Crippen molar-refractivity contribution in [2.75, 3.05) is 52.8 Å². The Bertz CT molecular complexity index is 1760. The highest BCUT2D eigenvalue weighted by atomic mass is 32.2. The van der Waals surface area contributed by atoms with Crippen LogP contribution in [-0.2, 0) is 49.4 Å². The summed E-state index contributed by atoms with van der Waals surface area (Å²) < 4.78 is 45.6. The number of hydrogen-bond donors (Lipinski definition) is 3. The summed E-state index contributed by atoms with van der Waals surface area (Å²) in [5, 5.41) is 16.1. The van der Waals surface area contributed by atoms with Crippen LogP contribution in [-0.4, -0.2) is 112 Å². The number of nitrogens with one attached hydrogen (secondary N) is 2. The first-order chi connectivity index (χ1) is 25.2. The van der Waals surface area contributed by atoms with Crippen LogP contribution in [0.15, 0.2) is 58.9 Å². The predicted octanol–water partition coefficient (Wildman–Crippen LogP) is 2.99. The van der Waals surface area contributed by atoms with Gasteiger partial charge in [0.2, 0.25) is 17.7 Å². The molecule has 0 spiro atoms. The summed E-state index contributed by atoms with van der Waals surface area (Å²) in [7, 11) is -3.85. The molecular weight excluding hydrogens is 725 g/mol. The van der Waals surface area contributed by atoms with Crippen molar-refractivity contribution in [2.24, 2.45) is 5.41 Å². The summed E-state index contributed by atoms with van der Waals surface area (Å²) in [5.74, 6) is -1.36. The number of carbonyl (C=O) groups excluding carboxylic acids is 3. The van der Waals surface area contributed by atoms with E-state index in [0.29, 0.717) is 0 Å². The van der Waals surface area contributed by atoms with Crippen molar-refractivity contribution >= 4 is 39.2 Å². The van der Waals surface area contributed by atoms with E-state index in [1.807, 2.05) is 38.1 Å². The molecule has 1 fully saturated rings. The first kappa shape index (κ1) is 42.0. The lowest BCUT2D eigenvalue weighted by molar-refractivity contribution is -0.144. The number of aliphatic hydroxyl groups is 1. The zero-order valence-corrected chi connectivity index (χ0v) is 32.5. The molecule has 2 heterocycles. The topological polar surface area (TPSA) is 183 Å². The molecular formula is C37H50N4O10S2. The van der Waals surface area contributed by atoms with Gasteiger partial charge in [-0.2, -0.15) is 8.42 Å². The second kappa shape index (κ2) is 19.5. The van der Waals surface area contributed by atoms with Gasteiger partial charge < -0.3 is 34.9 Å². The van der Waals surface area contributed by atoms with Gasteiger partial charge in [-0.3, -0.25) is 18.6 Å². The molecule has 1 saturated heterocycles. The SMILES string of the molecule is Cc1ccc(S(=O)(=O)OCCOCCOCCOCC(=O)N[C@H](C(=O)N2C[C@H](O)C[C@H]2C(=O)NCc2ccc(-c3scnc3C)cc2)C(C)(C)C)cc1. The highest BCUT2D eigenvalue weighted by Crippen LogP contribution is 2.28. The molecule has 3 N–H and O–H groups in total. The monoisotopic (exact) mass is 774 g/mol. The molecule has 290 valence electrons. The minimum atomic E-state index is -3.85. The van der Waals surface area contributed by atoms with Crippen LogP contribution in [0.5, 0.6) is 0 Å². The van der Waals surface area contributed by atoms with Crippen LogP contribution in [0.25, 0.3) is 10.4 Å². The van der Waals surface area contributed by atoms with Gasteiger partial charge >= 0.3 is 0 Å². The van der Waals surface area contributed by atoms with Gasteiger partial charge in [-0.15, -0.1) is 11.3 Å². The van der Waals surface area contributed by atoms with Crippen molar-refractivity contribution in [1.82, 2.24) is 20.5 Å². The lowest BCUT2D eigenvalue weighted by atomic mass is 9.85. The average Bonchev–Trinajstić information content (AvgIpc) is 3.73. The van der Waals surface area contributed by atoms with Crippen molar-refractivity contribution in [3.05, 3.63) is 70.9 Å². The minimum Gasteiger partial charge on any atom is -0.391 e. The van der Waals surface area contributed by atoms with Crippen LogP contribution in [0.2, 0.25) is 0 Å². The Kier molecular flexibility index (Phi) is 15.5. The van der Waals surface area contributed by atoms with E-state index in [1.165, 1.54) is 17.0 Å². The summed E-state index contributed by atoms with van der Waals surface area (Å²) in [6.45, 7) is 9.76. The third-order valence-corrected chi connectivity index (χ3v) is 10.8. The molecule has 0 bridgehead atoms. The van der Waals surface area contributed by atoms with Gasteiger partial charge in [-0.25, -0.2) is 4.98 Å². The normalized spacial score (nSPS) is 16.8. The van der Waals surface area contributed by atoms with Crippen LogP contribution in [0, 0.1) is 19.3 Å². The van der Waals surface area contributed by atoms with Crippen LogP contribution < -0.4 is 10.6 Å². The first-order valence-electron chi connectivity index (χ1n) is 17.4. The van der Waals surface area contributed by atoms with E-state index in [1.54, 1.807) is 49.8 Å². The molecule has 1 aliphatic heterocycles. The fraction of sp³-hybridized carbons (Fsp3) is 0.514. The summed E-state index contributed by atoms with van der Waals surface area (Å²) in [4.78, 5) is 46.8. The number of carbonyl (C=O) groups is 3. The van der Waals surface area contributed by atoms with E-state index in [2.05, 4.69) is 15.6 Å². The molecule has 4 rings (SSSR count). The van der Waals surface area contributed by atoms with Crippen LogP contribution in [0.1, 0.15) is 44.0 Å². The molecule has 0 unspecified atom stereocenters. The van der Waals surface area contributed by atoms with E-state index >= 15 is 0 Å². The molecule has 3 amide bonds. The second-order valence-corrected chi connectivity index (χ2v) is 16.3. The third kappa shape index (κ3) is 12.7. The molecule has 53 heavy (non-hydrogen) atoms. The Morgan fingerprint density at radius 1 is 0.943 bits per heavy atom. The number of aliphatic hydroxyl groups excluding tert-OH is 1. The molecule has 0 radical (unpaired) electrons. The Labute approximate surface area is 315 Å². The molecule has 14 nitrogen and oxygen atoms in total. The number of hydrogen-bond acceptors (Lipinski definition) is 12. The summed E-state index contributed by atoms with van der Waals surface area (Å²) in [6.07, 6.45) is -0.792. The maximum absolute atomic E-state index is 13.8. The Balaban J connectivity index is 1.14. The average molecular weight is 775 g/mol. The van der Waals surface area contributed by atoms with Gasteiger partial charge in [0.05, 0.1) is 66.7 Å². The lowest BCUT2D eigenvalue weighted by Gasteiger charge is -2.35. The van der Waals surface area contributed by atoms with Gasteiger partial charge in [0.25, 0.3) is 10.1 Å². The number of amides is 3. The van der Waals surface area contributed by atoms with Crippen molar-refractivity contribution in [1.29, 1.82) is 0 Å². The van der Waals surface area contributed by atoms with Crippen LogP contribution in [0.4, 0.5) is 0 Å². The number of thiazole rings is 1. The predicted molar refractivity (Wildman–Crippen MR) is 198 cm³/mol. The van der Waals surface area contributed by atoms with Gasteiger partial charge in [-0.05, 0) is 42.5 Å². The van der Waals surface area contributed by atoms with Crippen LogP contribution >= 0.6 is 11.3 Å². The van der Waals surface area contributed by atoms with E-state index in [-0.39, 0.29) is 76.6 Å². The number of rotatable bonds is 19. The fourth-order valence-electron chi connectivity index (χ4n) is 5.56. The molecule has 3 aromatic rings. The fourth-order valence-corrected chi connectivity index (χ4v) is 7.27. The summed E-state index contributed by atoms with van der Waals surface area (Å²) >= 11 is 1.56. The molecule has 0 saturated carbocycles. The summed E-state index contributed by atoms with van der Waals surface area (Å²) in [6, 6.07) is 12.3. The second-order valence-electron chi connectivity index (χ2n) is 13.8. The molecule has 3 atom stereocenters. The van der Waals surface area contributed by atoms with E-state index < -0.39 is 45.5 Å². The standard InChI is InChI=1S/C37H50N4O10S2/c1-25-6-12-30(13-7-25)53(46,47)51-19-18-49-15-14-48-16-17-50-23-32(43)40-34(37(3,4)5)36(45)41-22-29(42)20-31(41)35(44)38-21-27-8-10-28(11-9-27)33-26(2)39-24-52-33/h6-13,24,29,31,34,42H,14-23H2,1-5H3,(H,38,44)(H,40,43)/t29-,31+,34-/m1/s1. The van der Waals surface area contributed by atoms with Gasteiger partial charge in [0.15, 0.2) is 0 Å². The van der Waals surface area contributed by atoms with Gasteiger partial charge in [0, 0.05) is 19.5 Å². The van der Waals surface area contributed by atoms with E-state index in [4.69, 9.17) is 18.4 Å². The highest BCUT2D eigenvalue weighted by molar-refractivity contribution is 7.86. The number of aryl methyl sites for hydroxylation is 2. The molecule has 16 heteroatoms. The van der Waals surface area contributed by atoms with E-state index in [9.17, 15) is 27.9 Å². The van der Waals surface area contributed by atoms with Gasteiger partial charge in [0.1, 0.15) is 18.7 Å². The number of aromatic nitrogens is 1. The number of β-amino-alcohol motifs (C(OH)–C–C–N with tert-alkyl or cyclic N) is 1. The smallest absolute Gasteiger partial charge is 0.297 e. The van der Waals surface area contributed by atoms with E-state index in [0.717, 1.165) is 27.3 Å². The van der Waals surface area contributed by atoms with Crippen molar-refractivity contribution in [3.63, 3.8) is 0 Å². The largest absolute Gasteiger partial charge is 0.391 e. The van der Waals surface area contributed by atoms with Crippen molar-refractivity contribution in [3.8, 4) is 10.4 Å². The maximum Gasteiger partial charge on any atom is 0.297 e. The minimum absolute atomic E-state index is 0.0284. The zero-order valence-electron chi connectivity index (χ0n) is 30.8. The number of likely N-dealkylation sites (tertiary alicyclic amines) is 1. The Hall–Kier alpha value is -3.77. The first-order valence-corrected chi connectivity index (χ1v) is 19.7. The zero-order chi connectivity index (χ0) is 38.6. The maximum atomic E-state index is 13.8. The van der Waals surface area contributed by atoms with Crippen molar-refractivity contribution < 1.29 is 46.3 Å². The third-order valence-electron chi connectivity index (χ3n) is 8.46. The number of nitrogens with zero attached hydrogens (tertiary/aromatic N) is 2. The quantitative estimate of drug-likeness (QED) is 0.120.